The van der Waals surface area contributed by atoms with Crippen LogP contribution in [0.4, 0.5) is 24.5 Å². The predicted octanol–water partition coefficient (Wildman–Crippen LogP) is 1.55. The van der Waals surface area contributed by atoms with Crippen LogP contribution in [0.3, 0.4) is 0 Å². The standard InChI is InChI=1S/C18H17F3IN6O3/c19-11-3-2-10(15(14(11)21)25-13-4-1-9(22)5-12(13)20)16(29)28-7-18(30,8-28)6-24-17(23)26-27-31/h1-5,25,27,30H,6-8H2,(H3,23,24,26)/q-1. The van der Waals surface area contributed by atoms with Gasteiger partial charge in [-0.05, 0) is 52.9 Å². The molecule has 9 nitrogen and oxygen atoms in total. The number of hydrazine groups is 1. The number of benzene rings is 2. The summed E-state index contributed by atoms with van der Waals surface area (Å²) >= 11 is 1.90. The molecule has 1 amide bonds. The normalized spacial score (nSPS) is 15.4. The minimum absolute atomic E-state index is 0.136. The molecule has 1 heterocycles. The first-order chi connectivity index (χ1) is 14.6. The van der Waals surface area contributed by atoms with Gasteiger partial charge in [0.2, 0.25) is 5.96 Å². The third-order valence-electron chi connectivity index (χ3n) is 4.50. The first-order valence-electron chi connectivity index (χ1n) is 8.78. The van der Waals surface area contributed by atoms with Crippen molar-refractivity contribution in [3.8, 4) is 0 Å². The second-order valence-corrected chi connectivity index (χ2v) is 8.09. The Morgan fingerprint density at radius 1 is 1.26 bits per heavy atom. The zero-order chi connectivity index (χ0) is 22.8. The molecule has 13 heteroatoms. The quantitative estimate of drug-likeness (QED) is 0.160. The van der Waals surface area contributed by atoms with Crippen LogP contribution < -0.4 is 22.1 Å². The summed E-state index contributed by atoms with van der Waals surface area (Å²) in [5, 5.41) is 23.0. The van der Waals surface area contributed by atoms with E-state index in [1.165, 1.54) is 22.6 Å². The molecule has 2 aromatic rings. The Kier molecular flexibility index (Phi) is 6.88. The van der Waals surface area contributed by atoms with Crippen molar-refractivity contribution in [2.45, 2.75) is 5.60 Å². The van der Waals surface area contributed by atoms with Gasteiger partial charge in [0.15, 0.2) is 11.6 Å². The fourth-order valence-electron chi connectivity index (χ4n) is 2.98. The van der Waals surface area contributed by atoms with Gasteiger partial charge in [0.25, 0.3) is 5.91 Å². The average Bonchev–Trinajstić information content (AvgIpc) is 2.69. The number of nitrogens with one attached hydrogen (secondary N) is 3. The summed E-state index contributed by atoms with van der Waals surface area (Å²) in [5.41, 5.74) is 6.39. The minimum Gasteiger partial charge on any atom is -0.770 e. The highest BCUT2D eigenvalue weighted by Gasteiger charge is 2.44. The number of carbonyl (C=O) groups excluding carboxylic acids is 1. The second-order valence-electron chi connectivity index (χ2n) is 6.85. The molecule has 31 heavy (non-hydrogen) atoms. The van der Waals surface area contributed by atoms with Crippen LogP contribution in [0.1, 0.15) is 10.4 Å². The number of likely N-dealkylation sites (tertiary alicyclic amines) is 1. The maximum atomic E-state index is 14.5. The predicted molar refractivity (Wildman–Crippen MR) is 116 cm³/mol. The number of β-amino-alcohol motifs (C(OH)–C–C–N with tert-alkyl or cyclic N) is 1. The Morgan fingerprint density at radius 2 is 1.97 bits per heavy atom. The highest BCUT2D eigenvalue weighted by atomic mass is 127. The molecule has 1 fully saturated rings. The molecule has 1 saturated heterocycles. The number of carbonyl (C=O) groups is 1. The second kappa shape index (κ2) is 9.25. The molecule has 0 unspecified atom stereocenters. The monoisotopic (exact) mass is 549 g/mol. The van der Waals surface area contributed by atoms with Crippen molar-refractivity contribution < 1.29 is 23.1 Å². The lowest BCUT2D eigenvalue weighted by atomic mass is 9.93. The maximum absolute atomic E-state index is 14.5. The molecule has 0 aliphatic carbocycles. The van der Waals surface area contributed by atoms with E-state index in [-0.39, 0.29) is 36.8 Å². The number of halogens is 4. The fourth-order valence-corrected chi connectivity index (χ4v) is 3.43. The summed E-state index contributed by atoms with van der Waals surface area (Å²) in [6, 6.07) is 5.96. The molecule has 0 atom stereocenters. The summed E-state index contributed by atoms with van der Waals surface area (Å²) in [4.78, 5) is 17.8. The molecule has 1 aliphatic rings. The van der Waals surface area contributed by atoms with E-state index in [2.05, 4.69) is 10.3 Å². The Labute approximate surface area is 188 Å². The summed E-state index contributed by atoms with van der Waals surface area (Å²) in [7, 11) is 0. The minimum atomic E-state index is -1.40. The summed E-state index contributed by atoms with van der Waals surface area (Å²) in [6.45, 7) is -0.526. The number of hydrogen-bond acceptors (Lipinski definition) is 6. The highest BCUT2D eigenvalue weighted by Crippen LogP contribution is 2.31. The van der Waals surface area contributed by atoms with Gasteiger partial charge >= 0.3 is 0 Å². The lowest BCUT2D eigenvalue weighted by Crippen LogP contribution is -2.65. The number of aliphatic hydroxyl groups is 1. The van der Waals surface area contributed by atoms with Crippen LogP contribution in [0.25, 0.3) is 0 Å². The van der Waals surface area contributed by atoms with E-state index in [0.29, 0.717) is 3.57 Å². The molecule has 2 aromatic carbocycles. The zero-order valence-electron chi connectivity index (χ0n) is 15.8. The van der Waals surface area contributed by atoms with E-state index in [9.17, 15) is 28.3 Å². The van der Waals surface area contributed by atoms with Crippen molar-refractivity contribution in [3.63, 3.8) is 0 Å². The topological polar surface area (TPSA) is 138 Å². The van der Waals surface area contributed by atoms with E-state index in [4.69, 9.17) is 5.73 Å². The van der Waals surface area contributed by atoms with E-state index < -0.39 is 34.6 Å². The highest BCUT2D eigenvalue weighted by molar-refractivity contribution is 14.1. The van der Waals surface area contributed by atoms with Gasteiger partial charge in [-0.25, -0.2) is 18.2 Å². The van der Waals surface area contributed by atoms with Crippen LogP contribution in [0.2, 0.25) is 0 Å². The van der Waals surface area contributed by atoms with Crippen LogP contribution >= 0.6 is 22.6 Å². The van der Waals surface area contributed by atoms with E-state index >= 15 is 0 Å². The summed E-state index contributed by atoms with van der Waals surface area (Å²) in [5.74, 6) is -4.21. The van der Waals surface area contributed by atoms with Gasteiger partial charge in [-0.2, -0.15) is 0 Å². The zero-order valence-corrected chi connectivity index (χ0v) is 17.9. The molecule has 0 spiro atoms. The average molecular weight is 549 g/mol. The first kappa shape index (κ1) is 23.1. The molecule has 6 N–H and O–H groups in total. The molecule has 1 aliphatic heterocycles. The van der Waals surface area contributed by atoms with Crippen molar-refractivity contribution in [3.05, 3.63) is 62.1 Å². The molecular weight excluding hydrogens is 532 g/mol. The van der Waals surface area contributed by atoms with Gasteiger partial charge in [0.05, 0.1) is 36.6 Å². The van der Waals surface area contributed by atoms with Gasteiger partial charge in [-0.3, -0.25) is 4.79 Å². The molecule has 166 valence electrons. The van der Waals surface area contributed by atoms with Crippen LogP contribution in [0.5, 0.6) is 0 Å². The Bertz CT molecular complexity index is 1030. The molecule has 0 bridgehead atoms. The first-order valence-corrected chi connectivity index (χ1v) is 9.86. The van der Waals surface area contributed by atoms with E-state index in [1.807, 2.05) is 28.0 Å². The van der Waals surface area contributed by atoms with Crippen molar-refractivity contribution in [1.82, 2.24) is 15.9 Å². The van der Waals surface area contributed by atoms with Gasteiger partial charge in [-0.15, -0.1) is 0 Å². The van der Waals surface area contributed by atoms with Crippen LogP contribution in [-0.2, 0) is 0 Å². The number of nitrogens with two attached hydrogens (primary N) is 1. The molecular formula is C18H17F3IN6O3-. The third-order valence-corrected chi connectivity index (χ3v) is 5.17. The lowest BCUT2D eigenvalue weighted by molar-refractivity contribution is -0.0731. The number of rotatable bonds is 6. The van der Waals surface area contributed by atoms with Gasteiger partial charge in [0.1, 0.15) is 11.4 Å². The summed E-state index contributed by atoms with van der Waals surface area (Å²) < 4.78 is 43.1. The van der Waals surface area contributed by atoms with Crippen molar-refractivity contribution in [2.75, 3.05) is 25.0 Å². The number of hydrogen-bond donors (Lipinski definition) is 5. The Morgan fingerprint density at radius 3 is 2.61 bits per heavy atom. The number of guanidine groups is 1. The van der Waals surface area contributed by atoms with E-state index in [1.54, 1.807) is 6.07 Å². The molecule has 0 saturated carbocycles. The fraction of sp³-hybridized carbons (Fsp3) is 0.222. The Balaban J connectivity index is 1.79. The number of nitrogens with zero attached hydrogens (tertiary/aromatic N) is 2. The van der Waals surface area contributed by atoms with Crippen molar-refractivity contribution in [1.29, 1.82) is 0 Å². The van der Waals surface area contributed by atoms with E-state index in [0.717, 1.165) is 12.1 Å². The maximum Gasteiger partial charge on any atom is 0.256 e. The number of amides is 1. The van der Waals surface area contributed by atoms with Gasteiger partial charge < -0.3 is 37.3 Å². The van der Waals surface area contributed by atoms with Gasteiger partial charge in [0, 0.05) is 3.57 Å². The third kappa shape index (κ3) is 5.17. The van der Waals surface area contributed by atoms with Crippen LogP contribution in [0.15, 0.2) is 35.3 Å². The molecule has 3 rings (SSSR count). The smallest absolute Gasteiger partial charge is 0.256 e. The largest absolute Gasteiger partial charge is 0.770 e. The van der Waals surface area contributed by atoms with Crippen LogP contribution in [0, 0.1) is 26.2 Å². The van der Waals surface area contributed by atoms with Crippen molar-refractivity contribution in [2.24, 2.45) is 10.7 Å². The number of anilines is 2. The van der Waals surface area contributed by atoms with Crippen molar-refractivity contribution >= 4 is 45.8 Å². The van der Waals surface area contributed by atoms with Gasteiger partial charge in [-0.1, -0.05) is 0 Å². The Hall–Kier alpha value is -2.62. The SMILES string of the molecule is NC(=NCC1(O)CN(C(=O)c2ccc(F)c(F)c2Nc2ccc(I)cc2F)C1)NN[O-]. The number of aliphatic imine (C=N–C) groups is 1. The molecule has 0 radical (unpaired) electrons. The lowest BCUT2D eigenvalue weighted by Gasteiger charge is -2.45. The van der Waals surface area contributed by atoms with Crippen LogP contribution in [-0.4, -0.2) is 47.1 Å². The summed E-state index contributed by atoms with van der Waals surface area (Å²) in [6.07, 6.45) is 0. The molecule has 0 aromatic heterocycles.